The normalized spacial score (nSPS) is 4.80. The van der Waals surface area contributed by atoms with Gasteiger partial charge in [-0.3, -0.25) is 0 Å². The van der Waals surface area contributed by atoms with Crippen LogP contribution in [0.3, 0.4) is 0 Å². The predicted octanol–water partition coefficient (Wildman–Crippen LogP) is -1.71. The van der Waals surface area contributed by atoms with Crippen LogP contribution in [0, 0.1) is 0 Å². The molecule has 4 heteroatoms. The molecule has 0 aliphatic carbocycles. The van der Waals surface area contributed by atoms with Crippen LogP contribution in [-0.4, -0.2) is 6.09 Å². The SMILES string of the molecule is NC(=O)[O-].[Zn+2]. The number of carbonyl (C=O) groups is 1. The molecule has 0 unspecified atom stereocenters. The third-order valence-corrected chi connectivity index (χ3v) is 0. The second-order valence-corrected chi connectivity index (χ2v) is 0.319. The zero-order valence-corrected chi connectivity index (χ0v) is 5.57. The fourth-order valence-electron chi connectivity index (χ4n) is 0. The van der Waals surface area contributed by atoms with E-state index in [0.29, 0.717) is 0 Å². The van der Waals surface area contributed by atoms with Crippen molar-refractivity contribution in [1.29, 1.82) is 0 Å². The van der Waals surface area contributed by atoms with Crippen molar-refractivity contribution in [2.24, 2.45) is 5.73 Å². The van der Waals surface area contributed by atoms with Gasteiger partial charge in [-0.15, -0.1) is 0 Å². The van der Waals surface area contributed by atoms with Gasteiger partial charge in [0.2, 0.25) is 0 Å². The summed E-state index contributed by atoms with van der Waals surface area (Å²) in [5.74, 6) is 0. The number of amides is 1. The Kier molecular flexibility index (Phi) is 6.90. The molecule has 0 bridgehead atoms. The van der Waals surface area contributed by atoms with Crippen LogP contribution in [0.25, 0.3) is 0 Å². The van der Waals surface area contributed by atoms with Gasteiger partial charge in [0.1, 0.15) is 6.09 Å². The van der Waals surface area contributed by atoms with E-state index in [4.69, 9.17) is 9.90 Å². The second kappa shape index (κ2) is 3.89. The average Bonchev–Trinajstić information content (AvgIpc) is 0.811. The van der Waals surface area contributed by atoms with E-state index < -0.39 is 6.09 Å². The Morgan fingerprint density at radius 1 is 1.80 bits per heavy atom. The maximum Gasteiger partial charge on any atom is 2.00 e. The fourth-order valence-corrected chi connectivity index (χ4v) is 0. The molecule has 0 spiro atoms. The van der Waals surface area contributed by atoms with Crippen LogP contribution in [-0.2, 0) is 19.5 Å². The first-order chi connectivity index (χ1) is 1.73. The maximum atomic E-state index is 8.67. The summed E-state index contributed by atoms with van der Waals surface area (Å²) in [5.41, 5.74) is 3.92. The monoisotopic (exact) mass is 124 g/mol. The summed E-state index contributed by atoms with van der Waals surface area (Å²) in [6, 6.07) is 0. The van der Waals surface area contributed by atoms with Crippen LogP contribution in [0.15, 0.2) is 0 Å². The molecule has 0 rings (SSSR count). The topological polar surface area (TPSA) is 66.2 Å². The van der Waals surface area contributed by atoms with Gasteiger partial charge in [-0.1, -0.05) is 0 Å². The van der Waals surface area contributed by atoms with Gasteiger partial charge in [0.05, 0.1) is 0 Å². The molecule has 3 nitrogen and oxygen atoms in total. The first-order valence-corrected chi connectivity index (χ1v) is 0.697. The van der Waals surface area contributed by atoms with Crippen molar-refractivity contribution in [3.8, 4) is 0 Å². The van der Waals surface area contributed by atoms with Crippen molar-refractivity contribution in [2.45, 2.75) is 0 Å². The standard InChI is InChI=1S/CH3NO2.Zn/c2-1(3)4;/h2H2,(H,3,4);/q;+2/p-1. The van der Waals surface area contributed by atoms with Gasteiger partial charge in [0.25, 0.3) is 0 Å². The van der Waals surface area contributed by atoms with Crippen LogP contribution in [0.2, 0.25) is 0 Å². The summed E-state index contributed by atoms with van der Waals surface area (Å²) in [7, 11) is 0. The zero-order chi connectivity index (χ0) is 3.58. The minimum Gasteiger partial charge on any atom is -0.530 e. The van der Waals surface area contributed by atoms with Crippen LogP contribution < -0.4 is 10.8 Å². The second-order valence-electron chi connectivity index (χ2n) is 0.319. The average molecular weight is 125 g/mol. The van der Waals surface area contributed by atoms with Gasteiger partial charge >= 0.3 is 19.5 Å². The smallest absolute Gasteiger partial charge is 0.530 e. The fraction of sp³-hybridized carbons (Fsp3) is 0. The maximum absolute atomic E-state index is 8.67. The minimum atomic E-state index is -1.58. The Labute approximate surface area is 41.9 Å². The van der Waals surface area contributed by atoms with E-state index in [1.54, 1.807) is 0 Å². The Morgan fingerprint density at radius 3 is 1.80 bits per heavy atom. The van der Waals surface area contributed by atoms with Crippen molar-refractivity contribution in [2.75, 3.05) is 0 Å². The van der Waals surface area contributed by atoms with Crippen LogP contribution in [0.1, 0.15) is 0 Å². The number of carbonyl (C=O) groups excluding carboxylic acids is 1. The summed E-state index contributed by atoms with van der Waals surface area (Å²) >= 11 is 0. The van der Waals surface area contributed by atoms with Gasteiger partial charge in [-0.2, -0.15) is 0 Å². The molecule has 24 valence electrons. The van der Waals surface area contributed by atoms with Crippen LogP contribution in [0.4, 0.5) is 4.79 Å². The molecule has 1 amide bonds. The molecule has 5 heavy (non-hydrogen) atoms. The third kappa shape index (κ3) is 1230. The van der Waals surface area contributed by atoms with Gasteiger partial charge in [-0.25, -0.2) is 0 Å². The first kappa shape index (κ1) is 8.86. The van der Waals surface area contributed by atoms with Gasteiger partial charge in [0, 0.05) is 0 Å². The van der Waals surface area contributed by atoms with Crippen molar-refractivity contribution in [3.05, 3.63) is 0 Å². The number of carboxylic acid groups (broad SMARTS) is 1. The first-order valence-electron chi connectivity index (χ1n) is 0.697. The van der Waals surface area contributed by atoms with Crippen molar-refractivity contribution >= 4 is 6.09 Å². The molecular formula is CH2NO2Zn+. The minimum absolute atomic E-state index is 0. The molecular weight excluding hydrogens is 123 g/mol. The Hall–Kier alpha value is -0.107. The molecule has 0 fully saturated rings. The molecule has 0 aromatic carbocycles. The third-order valence-electron chi connectivity index (χ3n) is 0. The quantitative estimate of drug-likeness (QED) is 0.392. The molecule has 0 aromatic rings. The molecule has 0 radical (unpaired) electrons. The van der Waals surface area contributed by atoms with Crippen molar-refractivity contribution < 1.29 is 29.4 Å². The van der Waals surface area contributed by atoms with Crippen molar-refractivity contribution in [3.63, 3.8) is 0 Å². The van der Waals surface area contributed by atoms with Gasteiger partial charge in [0.15, 0.2) is 0 Å². The summed E-state index contributed by atoms with van der Waals surface area (Å²) in [5, 5.41) is 8.67. The van der Waals surface area contributed by atoms with Crippen molar-refractivity contribution in [1.82, 2.24) is 0 Å². The number of primary amides is 1. The summed E-state index contributed by atoms with van der Waals surface area (Å²) in [4.78, 5) is 8.67. The largest absolute Gasteiger partial charge is 2.00 e. The molecule has 0 heterocycles. The molecule has 0 saturated heterocycles. The van der Waals surface area contributed by atoms with Gasteiger partial charge < -0.3 is 15.6 Å². The number of hydrogen-bond donors (Lipinski definition) is 1. The van der Waals surface area contributed by atoms with E-state index in [2.05, 4.69) is 5.73 Å². The van der Waals surface area contributed by atoms with E-state index in [1.807, 2.05) is 0 Å². The molecule has 0 saturated carbocycles. The number of rotatable bonds is 0. The van der Waals surface area contributed by atoms with E-state index in [0.717, 1.165) is 0 Å². The van der Waals surface area contributed by atoms with Gasteiger partial charge in [-0.05, 0) is 0 Å². The molecule has 2 N–H and O–H groups in total. The molecule has 0 atom stereocenters. The van der Waals surface area contributed by atoms with E-state index in [1.165, 1.54) is 0 Å². The summed E-state index contributed by atoms with van der Waals surface area (Å²) in [6.07, 6.45) is -1.58. The number of hydrogen-bond acceptors (Lipinski definition) is 2. The van der Waals surface area contributed by atoms with E-state index in [9.17, 15) is 0 Å². The Morgan fingerprint density at radius 2 is 1.80 bits per heavy atom. The Bertz CT molecular complexity index is 32.6. The molecule has 0 aromatic heterocycles. The van der Waals surface area contributed by atoms with E-state index >= 15 is 0 Å². The van der Waals surface area contributed by atoms with Crippen LogP contribution in [0.5, 0.6) is 0 Å². The summed E-state index contributed by atoms with van der Waals surface area (Å²) < 4.78 is 0. The van der Waals surface area contributed by atoms with Crippen LogP contribution >= 0.6 is 0 Å². The number of nitrogens with two attached hydrogens (primary N) is 1. The summed E-state index contributed by atoms with van der Waals surface area (Å²) in [6.45, 7) is 0. The Balaban J connectivity index is 0. The molecule has 0 aliphatic heterocycles. The van der Waals surface area contributed by atoms with E-state index in [-0.39, 0.29) is 19.5 Å². The predicted molar refractivity (Wildman–Crippen MR) is 9.58 cm³/mol. The molecule has 0 aliphatic rings. The zero-order valence-electron chi connectivity index (χ0n) is 2.60.